The van der Waals surface area contributed by atoms with Crippen LogP contribution in [0.5, 0.6) is 0 Å². The summed E-state index contributed by atoms with van der Waals surface area (Å²) in [5, 5.41) is 5.74. The molecule has 2 aromatic rings. The molecule has 1 unspecified atom stereocenters. The number of aryl methyl sites for hydroxylation is 1. The van der Waals surface area contributed by atoms with Crippen molar-refractivity contribution in [1.82, 2.24) is 10.2 Å². The molecule has 3 amide bonds. The van der Waals surface area contributed by atoms with Crippen LogP contribution in [0.3, 0.4) is 0 Å². The lowest BCUT2D eigenvalue weighted by atomic mass is 10.0. The molecule has 0 aliphatic carbocycles. The number of thioether (sulfide) groups is 1. The Bertz CT molecular complexity index is 886. The third kappa shape index (κ3) is 4.24. The molecule has 0 spiro atoms. The first-order valence-electron chi connectivity index (χ1n) is 8.68. The molecule has 0 aromatic heterocycles. The van der Waals surface area contributed by atoms with Gasteiger partial charge in [0.1, 0.15) is 5.82 Å². The number of halogens is 1. The first kappa shape index (κ1) is 19.2. The van der Waals surface area contributed by atoms with Gasteiger partial charge in [-0.2, -0.15) is 0 Å². The molecule has 0 bridgehead atoms. The van der Waals surface area contributed by atoms with E-state index in [9.17, 15) is 14.0 Å². The van der Waals surface area contributed by atoms with E-state index in [1.165, 1.54) is 22.7 Å². The molecule has 1 aliphatic heterocycles. The summed E-state index contributed by atoms with van der Waals surface area (Å²) in [5.41, 5.74) is 2.73. The minimum atomic E-state index is -0.375. The van der Waals surface area contributed by atoms with E-state index >= 15 is 0 Å². The van der Waals surface area contributed by atoms with Gasteiger partial charge in [0.05, 0.1) is 6.04 Å². The molecule has 1 atom stereocenters. The number of hydrogen-bond acceptors (Lipinski definition) is 3. The summed E-state index contributed by atoms with van der Waals surface area (Å²) in [6.07, 6.45) is 0.729. The normalized spacial score (nSPS) is 15.6. The summed E-state index contributed by atoms with van der Waals surface area (Å²) in [6, 6.07) is 9.52. The van der Waals surface area contributed by atoms with Gasteiger partial charge < -0.3 is 15.5 Å². The quantitative estimate of drug-likeness (QED) is 0.830. The molecule has 142 valence electrons. The predicted molar refractivity (Wildman–Crippen MR) is 106 cm³/mol. The number of nitrogens with zero attached hydrogens (tertiary/aromatic N) is 1. The van der Waals surface area contributed by atoms with Crippen molar-refractivity contribution >= 4 is 29.4 Å². The second-order valence-corrected chi connectivity index (χ2v) is 7.78. The van der Waals surface area contributed by atoms with Crippen LogP contribution in [-0.2, 0) is 0 Å². The maximum atomic E-state index is 14.0. The van der Waals surface area contributed by atoms with Crippen molar-refractivity contribution in [2.45, 2.75) is 24.3 Å². The van der Waals surface area contributed by atoms with E-state index < -0.39 is 0 Å². The highest BCUT2D eigenvalue weighted by molar-refractivity contribution is 7.99. The van der Waals surface area contributed by atoms with Gasteiger partial charge in [-0.3, -0.25) is 4.79 Å². The number of anilines is 1. The minimum Gasteiger partial charge on any atom is -0.345 e. The summed E-state index contributed by atoms with van der Waals surface area (Å²) in [5.74, 6) is 0.354. The van der Waals surface area contributed by atoms with Crippen LogP contribution in [0.4, 0.5) is 14.9 Å². The van der Waals surface area contributed by atoms with Gasteiger partial charge in [0.2, 0.25) is 0 Å². The van der Waals surface area contributed by atoms with E-state index in [-0.39, 0.29) is 23.8 Å². The van der Waals surface area contributed by atoms with Gasteiger partial charge in [-0.05, 0) is 42.7 Å². The number of carbonyl (C=O) groups excluding carboxylic acids is 2. The maximum Gasteiger partial charge on any atom is 0.319 e. The molecule has 0 fully saturated rings. The molecule has 27 heavy (non-hydrogen) atoms. The Morgan fingerprint density at radius 1 is 1.22 bits per heavy atom. The average molecular weight is 387 g/mol. The summed E-state index contributed by atoms with van der Waals surface area (Å²) in [6.45, 7) is 1.86. The molecule has 2 aromatic carbocycles. The van der Waals surface area contributed by atoms with E-state index in [0.29, 0.717) is 16.1 Å². The number of nitrogens with one attached hydrogen (secondary N) is 2. The Hall–Kier alpha value is -2.54. The topological polar surface area (TPSA) is 61.4 Å². The SMILES string of the molecule is Cc1ccc(C(=O)N(C)C)cc1NC(=O)NC1CCSc2c(F)cccc21. The van der Waals surface area contributed by atoms with Crippen molar-refractivity contribution in [2.24, 2.45) is 0 Å². The van der Waals surface area contributed by atoms with Crippen molar-refractivity contribution in [3.63, 3.8) is 0 Å². The zero-order valence-corrected chi connectivity index (χ0v) is 16.3. The van der Waals surface area contributed by atoms with Gasteiger partial charge in [0.15, 0.2) is 0 Å². The van der Waals surface area contributed by atoms with Gasteiger partial charge in [0, 0.05) is 36.0 Å². The Kier molecular flexibility index (Phi) is 5.70. The van der Waals surface area contributed by atoms with Gasteiger partial charge in [0.25, 0.3) is 5.91 Å². The third-order valence-corrected chi connectivity index (χ3v) is 5.63. The Balaban J connectivity index is 1.75. The standard InChI is InChI=1S/C20H22FN3O2S/c1-12-7-8-13(19(25)24(2)3)11-17(12)23-20(26)22-16-9-10-27-18-14(16)5-4-6-15(18)21/h4-8,11,16H,9-10H2,1-3H3,(H2,22,23,26). The Morgan fingerprint density at radius 3 is 2.74 bits per heavy atom. The second kappa shape index (κ2) is 8.00. The van der Waals surface area contributed by atoms with Gasteiger partial charge in [-0.15, -0.1) is 11.8 Å². The summed E-state index contributed by atoms with van der Waals surface area (Å²) < 4.78 is 14.0. The van der Waals surface area contributed by atoms with Crippen molar-refractivity contribution in [3.05, 3.63) is 58.9 Å². The fraction of sp³-hybridized carbons (Fsp3) is 0.300. The number of hydrogen-bond donors (Lipinski definition) is 2. The van der Waals surface area contributed by atoms with E-state index in [0.717, 1.165) is 23.3 Å². The third-order valence-electron chi connectivity index (χ3n) is 4.47. The van der Waals surface area contributed by atoms with Crippen molar-refractivity contribution < 1.29 is 14.0 Å². The van der Waals surface area contributed by atoms with Crippen LogP contribution in [0.25, 0.3) is 0 Å². The van der Waals surface area contributed by atoms with E-state index in [1.54, 1.807) is 38.4 Å². The fourth-order valence-corrected chi connectivity index (χ4v) is 4.14. The number of amides is 3. The molecule has 5 nitrogen and oxygen atoms in total. The van der Waals surface area contributed by atoms with Crippen molar-refractivity contribution in [1.29, 1.82) is 0 Å². The largest absolute Gasteiger partial charge is 0.345 e. The lowest BCUT2D eigenvalue weighted by Crippen LogP contribution is -2.34. The number of benzene rings is 2. The molecule has 7 heteroatoms. The van der Waals surface area contributed by atoms with Crippen LogP contribution in [0.1, 0.15) is 33.9 Å². The van der Waals surface area contributed by atoms with Gasteiger partial charge in [-0.1, -0.05) is 18.2 Å². The van der Waals surface area contributed by atoms with E-state index in [2.05, 4.69) is 10.6 Å². The lowest BCUT2D eigenvalue weighted by molar-refractivity contribution is 0.0827. The summed E-state index contributed by atoms with van der Waals surface area (Å²) >= 11 is 1.47. The smallest absolute Gasteiger partial charge is 0.319 e. The zero-order chi connectivity index (χ0) is 19.6. The maximum absolute atomic E-state index is 14.0. The highest BCUT2D eigenvalue weighted by Crippen LogP contribution is 2.37. The predicted octanol–water partition coefficient (Wildman–Crippen LogP) is 4.19. The lowest BCUT2D eigenvalue weighted by Gasteiger charge is -2.26. The first-order valence-corrected chi connectivity index (χ1v) is 9.66. The van der Waals surface area contributed by atoms with Crippen LogP contribution in [0.2, 0.25) is 0 Å². The van der Waals surface area contributed by atoms with Crippen molar-refractivity contribution in [3.8, 4) is 0 Å². The van der Waals surface area contributed by atoms with Crippen LogP contribution >= 0.6 is 11.8 Å². The Labute approximate surface area is 162 Å². The molecular weight excluding hydrogens is 365 g/mol. The molecule has 0 saturated heterocycles. The highest BCUT2D eigenvalue weighted by atomic mass is 32.2. The first-order chi connectivity index (χ1) is 12.9. The molecule has 1 heterocycles. The monoisotopic (exact) mass is 387 g/mol. The molecule has 0 radical (unpaired) electrons. The molecular formula is C20H22FN3O2S. The van der Waals surface area contributed by atoms with Crippen LogP contribution in [0, 0.1) is 12.7 Å². The number of fused-ring (bicyclic) bond motifs is 1. The Morgan fingerprint density at radius 2 is 2.00 bits per heavy atom. The van der Waals surface area contributed by atoms with Crippen LogP contribution in [-0.4, -0.2) is 36.7 Å². The van der Waals surface area contributed by atoms with Crippen molar-refractivity contribution in [2.75, 3.05) is 25.2 Å². The van der Waals surface area contributed by atoms with E-state index in [1.807, 2.05) is 13.0 Å². The number of urea groups is 1. The zero-order valence-electron chi connectivity index (χ0n) is 15.5. The van der Waals surface area contributed by atoms with Crippen LogP contribution in [0.15, 0.2) is 41.3 Å². The molecule has 0 saturated carbocycles. The second-order valence-electron chi connectivity index (χ2n) is 6.68. The summed E-state index contributed by atoms with van der Waals surface area (Å²) in [4.78, 5) is 26.8. The van der Waals surface area contributed by atoms with Crippen LogP contribution < -0.4 is 10.6 Å². The molecule has 2 N–H and O–H groups in total. The average Bonchev–Trinajstić information content (AvgIpc) is 2.63. The minimum absolute atomic E-state index is 0.132. The number of rotatable bonds is 3. The number of carbonyl (C=O) groups is 2. The van der Waals surface area contributed by atoms with E-state index in [4.69, 9.17) is 0 Å². The molecule has 1 aliphatic rings. The van der Waals surface area contributed by atoms with Gasteiger partial charge >= 0.3 is 6.03 Å². The highest BCUT2D eigenvalue weighted by Gasteiger charge is 2.24. The fourth-order valence-electron chi connectivity index (χ4n) is 3.00. The van der Waals surface area contributed by atoms with Gasteiger partial charge in [-0.25, -0.2) is 9.18 Å². The summed E-state index contributed by atoms with van der Waals surface area (Å²) in [7, 11) is 3.36. The molecule has 3 rings (SSSR count).